The van der Waals surface area contributed by atoms with Crippen molar-refractivity contribution in [2.75, 3.05) is 21.0 Å². The number of hydrogen-bond donors (Lipinski definition) is 0. The molecule has 0 N–H and O–H groups in total. The predicted octanol–water partition coefficient (Wildman–Crippen LogP) is 4.43. The number of ether oxygens (including phenoxy) is 3. The first-order chi connectivity index (χ1) is 12.5. The van der Waals surface area contributed by atoms with E-state index in [1.165, 1.54) is 0 Å². The first-order valence-electron chi connectivity index (χ1n) is 8.61. The Hall–Kier alpha value is -1.90. The molecule has 5 heteroatoms. The normalized spacial score (nSPS) is 13.6. The van der Waals surface area contributed by atoms with E-state index in [4.69, 9.17) is 14.2 Å². The maximum atomic E-state index is 11.5. The lowest BCUT2D eigenvalue weighted by molar-refractivity contribution is 0.0500. The predicted molar refractivity (Wildman–Crippen MR) is 108 cm³/mol. The van der Waals surface area contributed by atoms with Gasteiger partial charge in [0.1, 0.15) is 11.5 Å². The SMILES string of the molecule is CCC(C)(Pc1ccc(C)cc1C=O)c1cc(OC)ccc1OCOC. The van der Waals surface area contributed by atoms with Gasteiger partial charge in [-0.3, -0.25) is 4.79 Å². The van der Waals surface area contributed by atoms with Crippen LogP contribution in [-0.2, 0) is 9.89 Å². The van der Waals surface area contributed by atoms with Gasteiger partial charge in [-0.25, -0.2) is 0 Å². The van der Waals surface area contributed by atoms with Gasteiger partial charge in [0.2, 0.25) is 0 Å². The van der Waals surface area contributed by atoms with E-state index >= 15 is 0 Å². The highest BCUT2D eigenvalue weighted by Crippen LogP contribution is 2.48. The zero-order valence-electron chi connectivity index (χ0n) is 16.1. The van der Waals surface area contributed by atoms with E-state index in [-0.39, 0.29) is 11.9 Å². The first-order valence-corrected chi connectivity index (χ1v) is 9.61. The van der Waals surface area contributed by atoms with Crippen LogP contribution in [0.1, 0.15) is 41.8 Å². The van der Waals surface area contributed by atoms with Gasteiger partial charge in [0, 0.05) is 23.4 Å². The summed E-state index contributed by atoms with van der Waals surface area (Å²) in [7, 11) is 3.68. The molecule has 2 unspecified atom stereocenters. The molecule has 4 nitrogen and oxygen atoms in total. The van der Waals surface area contributed by atoms with E-state index < -0.39 is 0 Å². The summed E-state index contributed by atoms with van der Waals surface area (Å²) in [5.41, 5.74) is 2.90. The maximum absolute atomic E-state index is 11.5. The van der Waals surface area contributed by atoms with Crippen molar-refractivity contribution < 1.29 is 19.0 Å². The topological polar surface area (TPSA) is 44.8 Å². The lowest BCUT2D eigenvalue weighted by Gasteiger charge is -2.31. The zero-order chi connectivity index (χ0) is 19.2. The lowest BCUT2D eigenvalue weighted by atomic mass is 9.96. The third-order valence-electron chi connectivity index (χ3n) is 4.57. The van der Waals surface area contributed by atoms with Crippen molar-refractivity contribution in [1.82, 2.24) is 0 Å². The highest BCUT2D eigenvalue weighted by molar-refractivity contribution is 7.48. The molecule has 0 aliphatic rings. The number of aryl methyl sites for hydroxylation is 1. The van der Waals surface area contributed by atoms with E-state index in [1.807, 2.05) is 31.2 Å². The van der Waals surface area contributed by atoms with Crippen LogP contribution in [0.25, 0.3) is 0 Å². The molecular weight excluding hydrogens is 347 g/mol. The average Bonchev–Trinajstić information content (AvgIpc) is 2.67. The molecule has 2 aromatic carbocycles. The number of carbonyl (C=O) groups is 1. The molecule has 0 fully saturated rings. The van der Waals surface area contributed by atoms with Gasteiger partial charge in [-0.2, -0.15) is 0 Å². The summed E-state index contributed by atoms with van der Waals surface area (Å²) < 4.78 is 16.3. The highest BCUT2D eigenvalue weighted by Gasteiger charge is 2.30. The second kappa shape index (κ2) is 9.16. The van der Waals surface area contributed by atoms with Crippen LogP contribution in [-0.4, -0.2) is 27.3 Å². The van der Waals surface area contributed by atoms with Crippen LogP contribution in [0.5, 0.6) is 11.5 Å². The van der Waals surface area contributed by atoms with Crippen LogP contribution in [0, 0.1) is 6.92 Å². The lowest BCUT2D eigenvalue weighted by Crippen LogP contribution is -2.21. The van der Waals surface area contributed by atoms with Crippen molar-refractivity contribution in [1.29, 1.82) is 0 Å². The number of hydrogen-bond acceptors (Lipinski definition) is 4. The Bertz CT molecular complexity index is 760. The molecule has 0 bridgehead atoms. The standard InChI is InChI=1S/C21H27O4P/c1-6-21(3,26-20-10-7-15(2)11-16(20)13-22)18-12-17(24-5)8-9-19(18)25-14-23-4/h7-13,26H,6,14H2,1-5H3. The highest BCUT2D eigenvalue weighted by atomic mass is 31.1. The molecule has 2 rings (SSSR count). The van der Waals surface area contributed by atoms with Gasteiger partial charge in [-0.1, -0.05) is 40.1 Å². The largest absolute Gasteiger partial charge is 0.497 e. The number of aldehydes is 1. The van der Waals surface area contributed by atoms with E-state index in [0.717, 1.165) is 46.2 Å². The van der Waals surface area contributed by atoms with Gasteiger partial charge >= 0.3 is 0 Å². The molecule has 2 aromatic rings. The summed E-state index contributed by atoms with van der Waals surface area (Å²) in [6.07, 6.45) is 1.84. The van der Waals surface area contributed by atoms with Crippen molar-refractivity contribution in [2.45, 2.75) is 32.3 Å². The monoisotopic (exact) mass is 374 g/mol. The molecular formula is C21H27O4P. The van der Waals surface area contributed by atoms with E-state index in [0.29, 0.717) is 8.58 Å². The fraction of sp³-hybridized carbons (Fsp3) is 0.381. The first kappa shape index (κ1) is 20.4. The van der Waals surface area contributed by atoms with E-state index in [1.54, 1.807) is 14.2 Å². The van der Waals surface area contributed by atoms with Gasteiger partial charge in [0.05, 0.1) is 7.11 Å². The minimum absolute atomic E-state index is 0.187. The fourth-order valence-corrected chi connectivity index (χ4v) is 4.40. The van der Waals surface area contributed by atoms with Gasteiger partial charge in [0.15, 0.2) is 13.1 Å². The Balaban J connectivity index is 2.49. The van der Waals surface area contributed by atoms with Crippen LogP contribution in [0.4, 0.5) is 0 Å². The Morgan fingerprint density at radius 1 is 1.15 bits per heavy atom. The number of rotatable bonds is 9. The number of methoxy groups -OCH3 is 2. The summed E-state index contributed by atoms with van der Waals surface area (Å²) in [4.78, 5) is 11.5. The van der Waals surface area contributed by atoms with Crippen LogP contribution in [0.2, 0.25) is 0 Å². The summed E-state index contributed by atoms with van der Waals surface area (Å²) in [5, 5.41) is 0.875. The Kier molecular flexibility index (Phi) is 7.19. The Morgan fingerprint density at radius 2 is 1.92 bits per heavy atom. The maximum Gasteiger partial charge on any atom is 0.188 e. The Morgan fingerprint density at radius 3 is 2.54 bits per heavy atom. The zero-order valence-corrected chi connectivity index (χ0v) is 17.1. The Labute approximate surface area is 157 Å². The van der Waals surface area contributed by atoms with E-state index in [2.05, 4.69) is 26.0 Å². The molecule has 0 saturated heterocycles. The molecule has 26 heavy (non-hydrogen) atoms. The molecule has 140 valence electrons. The fourth-order valence-electron chi connectivity index (χ4n) is 2.85. The minimum Gasteiger partial charge on any atom is -0.497 e. The van der Waals surface area contributed by atoms with Gasteiger partial charge < -0.3 is 14.2 Å². The van der Waals surface area contributed by atoms with Crippen LogP contribution < -0.4 is 14.8 Å². The molecule has 0 amide bonds. The quantitative estimate of drug-likeness (QED) is 0.370. The summed E-state index contributed by atoms with van der Waals surface area (Å²) in [5.74, 6) is 1.57. The molecule has 0 heterocycles. The molecule has 0 aliphatic heterocycles. The summed E-state index contributed by atoms with van der Waals surface area (Å²) in [6, 6.07) is 11.9. The molecule has 0 aromatic heterocycles. The van der Waals surface area contributed by atoms with Crippen molar-refractivity contribution in [3.05, 3.63) is 53.1 Å². The van der Waals surface area contributed by atoms with Crippen molar-refractivity contribution in [3.8, 4) is 11.5 Å². The molecule has 0 spiro atoms. The number of carbonyl (C=O) groups excluding carboxylic acids is 1. The van der Waals surface area contributed by atoms with Crippen molar-refractivity contribution in [2.24, 2.45) is 0 Å². The van der Waals surface area contributed by atoms with Gasteiger partial charge in [0.25, 0.3) is 0 Å². The number of benzene rings is 2. The summed E-state index contributed by atoms with van der Waals surface area (Å²) in [6.45, 7) is 6.54. The van der Waals surface area contributed by atoms with Crippen LogP contribution >= 0.6 is 8.58 Å². The molecule has 0 radical (unpaired) electrons. The minimum atomic E-state index is -0.190. The smallest absolute Gasteiger partial charge is 0.188 e. The third-order valence-corrected chi connectivity index (χ3v) is 6.46. The average molecular weight is 374 g/mol. The molecule has 0 aliphatic carbocycles. The van der Waals surface area contributed by atoms with Crippen molar-refractivity contribution in [3.63, 3.8) is 0 Å². The van der Waals surface area contributed by atoms with Crippen LogP contribution in [0.3, 0.4) is 0 Å². The molecule has 2 atom stereocenters. The van der Waals surface area contributed by atoms with Gasteiger partial charge in [-0.15, -0.1) is 0 Å². The van der Waals surface area contributed by atoms with Crippen molar-refractivity contribution >= 4 is 20.2 Å². The van der Waals surface area contributed by atoms with Gasteiger partial charge in [-0.05, 0) is 42.9 Å². The van der Waals surface area contributed by atoms with E-state index in [9.17, 15) is 4.79 Å². The second-order valence-corrected chi connectivity index (χ2v) is 8.32. The second-order valence-electron chi connectivity index (χ2n) is 6.43. The third kappa shape index (κ3) is 4.63. The van der Waals surface area contributed by atoms with Crippen LogP contribution in [0.15, 0.2) is 36.4 Å². The summed E-state index contributed by atoms with van der Waals surface area (Å²) >= 11 is 0. The molecule has 0 saturated carbocycles.